The van der Waals surface area contributed by atoms with Gasteiger partial charge in [-0.2, -0.15) is 4.98 Å². The van der Waals surface area contributed by atoms with E-state index in [4.69, 9.17) is 16.1 Å². The molecule has 2 aromatic rings. The highest BCUT2D eigenvalue weighted by atomic mass is 35.5. The van der Waals surface area contributed by atoms with E-state index in [2.05, 4.69) is 10.1 Å². The van der Waals surface area contributed by atoms with Crippen LogP contribution in [0.1, 0.15) is 42.8 Å². The molecule has 4 rings (SSSR count). The summed E-state index contributed by atoms with van der Waals surface area (Å²) in [5, 5.41) is 3.97. The lowest BCUT2D eigenvalue weighted by molar-refractivity contribution is -0.117. The molecular weight excluding hydrogens is 309 g/mol. The summed E-state index contributed by atoms with van der Waals surface area (Å²) in [6, 6.07) is 4.63. The summed E-state index contributed by atoms with van der Waals surface area (Å²) in [4.78, 5) is 18.0. The third kappa shape index (κ3) is 2.27. The quantitative estimate of drug-likeness (QED) is 0.870. The highest BCUT2D eigenvalue weighted by Gasteiger charge is 2.37. The van der Waals surface area contributed by atoms with Crippen molar-refractivity contribution in [1.82, 2.24) is 10.1 Å². The molecule has 1 aliphatic heterocycles. The van der Waals surface area contributed by atoms with E-state index in [0.29, 0.717) is 18.4 Å². The van der Waals surface area contributed by atoms with Crippen LogP contribution in [0.25, 0.3) is 0 Å². The van der Waals surface area contributed by atoms with Gasteiger partial charge in [-0.05, 0) is 25.0 Å². The molecule has 1 saturated heterocycles. The van der Waals surface area contributed by atoms with Crippen LogP contribution in [0, 0.1) is 5.82 Å². The Bertz CT molecular complexity index is 744. The Morgan fingerprint density at radius 2 is 2.14 bits per heavy atom. The number of nitrogens with zero attached hydrogens (tertiary/aromatic N) is 3. The normalized spacial score (nSPS) is 21.6. The van der Waals surface area contributed by atoms with Crippen molar-refractivity contribution in [3.05, 3.63) is 40.8 Å². The van der Waals surface area contributed by atoms with Gasteiger partial charge in [0.05, 0.1) is 16.6 Å². The summed E-state index contributed by atoms with van der Waals surface area (Å²) < 4.78 is 19.4. The number of benzene rings is 1. The number of hydrogen-bond acceptors (Lipinski definition) is 4. The van der Waals surface area contributed by atoms with Gasteiger partial charge in [0.2, 0.25) is 11.8 Å². The molecule has 1 amide bonds. The molecule has 1 aromatic heterocycles. The molecule has 1 aliphatic carbocycles. The Hall–Kier alpha value is -1.95. The highest BCUT2D eigenvalue weighted by molar-refractivity contribution is 6.31. The van der Waals surface area contributed by atoms with Gasteiger partial charge in [0.1, 0.15) is 0 Å². The molecule has 22 heavy (non-hydrogen) atoms. The Balaban J connectivity index is 1.58. The third-order valence-corrected chi connectivity index (χ3v) is 4.39. The van der Waals surface area contributed by atoms with E-state index < -0.39 is 5.82 Å². The van der Waals surface area contributed by atoms with Crippen molar-refractivity contribution in [3.63, 3.8) is 0 Å². The minimum absolute atomic E-state index is 0.00237. The fourth-order valence-corrected chi connectivity index (χ4v) is 2.90. The number of rotatable bonds is 3. The maximum atomic E-state index is 14.1. The fourth-order valence-electron chi connectivity index (χ4n) is 2.73. The smallest absolute Gasteiger partial charge is 0.232 e. The van der Waals surface area contributed by atoms with Crippen LogP contribution < -0.4 is 4.90 Å². The second kappa shape index (κ2) is 5.05. The monoisotopic (exact) mass is 321 g/mol. The minimum atomic E-state index is -0.581. The Kier molecular flexibility index (Phi) is 3.14. The molecule has 1 atom stereocenters. The molecule has 5 nitrogen and oxygen atoms in total. The first kappa shape index (κ1) is 13.7. The predicted octanol–water partition coefficient (Wildman–Crippen LogP) is 3.26. The van der Waals surface area contributed by atoms with Gasteiger partial charge in [0.15, 0.2) is 11.6 Å². The molecule has 2 fully saturated rings. The zero-order chi connectivity index (χ0) is 15.3. The van der Waals surface area contributed by atoms with E-state index in [-0.39, 0.29) is 29.0 Å². The molecule has 0 bridgehead atoms. The van der Waals surface area contributed by atoms with E-state index in [1.807, 2.05) is 0 Å². The molecular formula is C15H13ClFN3O2. The number of anilines is 1. The largest absolute Gasteiger partial charge is 0.339 e. The molecule has 1 unspecified atom stereocenters. The van der Waals surface area contributed by atoms with Crippen molar-refractivity contribution < 1.29 is 13.7 Å². The topological polar surface area (TPSA) is 59.2 Å². The van der Waals surface area contributed by atoms with Gasteiger partial charge < -0.3 is 9.42 Å². The Morgan fingerprint density at radius 1 is 1.32 bits per heavy atom. The van der Waals surface area contributed by atoms with E-state index in [9.17, 15) is 9.18 Å². The van der Waals surface area contributed by atoms with Gasteiger partial charge in [0, 0.05) is 18.9 Å². The summed E-state index contributed by atoms with van der Waals surface area (Å²) >= 11 is 5.78. The van der Waals surface area contributed by atoms with Crippen LogP contribution in [-0.2, 0) is 4.79 Å². The van der Waals surface area contributed by atoms with Crippen LogP contribution in [0.5, 0.6) is 0 Å². The van der Waals surface area contributed by atoms with Gasteiger partial charge in [-0.25, -0.2) is 4.39 Å². The van der Waals surface area contributed by atoms with Gasteiger partial charge in [-0.15, -0.1) is 0 Å². The molecule has 0 radical (unpaired) electrons. The number of aromatic nitrogens is 2. The standard InChI is InChI=1S/C15H13ClFN3O2/c16-10-2-1-3-11(13(10)17)20-7-9(6-12(20)21)15-18-14(19-22-15)8-4-5-8/h1-3,8-9H,4-7H2. The summed E-state index contributed by atoms with van der Waals surface area (Å²) in [6.07, 6.45) is 2.41. The number of hydrogen-bond donors (Lipinski definition) is 0. The number of carbonyl (C=O) groups excluding carboxylic acids is 1. The van der Waals surface area contributed by atoms with Crippen molar-refractivity contribution >= 4 is 23.2 Å². The zero-order valence-electron chi connectivity index (χ0n) is 11.6. The van der Waals surface area contributed by atoms with Gasteiger partial charge in [-0.1, -0.05) is 22.8 Å². The number of carbonyl (C=O) groups is 1. The molecule has 0 N–H and O–H groups in total. The second-order valence-corrected chi connectivity index (χ2v) is 6.15. The Morgan fingerprint density at radius 3 is 2.91 bits per heavy atom. The molecule has 2 aliphatic rings. The maximum absolute atomic E-state index is 14.1. The van der Waals surface area contributed by atoms with Gasteiger partial charge in [-0.3, -0.25) is 4.79 Å². The average molecular weight is 322 g/mol. The first-order valence-corrected chi connectivity index (χ1v) is 7.59. The van der Waals surface area contributed by atoms with Crippen molar-refractivity contribution in [2.75, 3.05) is 11.4 Å². The summed E-state index contributed by atoms with van der Waals surface area (Å²) in [6.45, 7) is 0.322. The molecule has 7 heteroatoms. The molecule has 1 saturated carbocycles. The summed E-state index contributed by atoms with van der Waals surface area (Å²) in [7, 11) is 0. The van der Waals surface area contributed by atoms with Crippen molar-refractivity contribution in [3.8, 4) is 0 Å². The third-order valence-electron chi connectivity index (χ3n) is 4.10. The van der Waals surface area contributed by atoms with Crippen LogP contribution in [0.15, 0.2) is 22.7 Å². The van der Waals surface area contributed by atoms with E-state index in [1.54, 1.807) is 12.1 Å². The van der Waals surface area contributed by atoms with E-state index >= 15 is 0 Å². The first-order valence-electron chi connectivity index (χ1n) is 7.21. The second-order valence-electron chi connectivity index (χ2n) is 5.74. The van der Waals surface area contributed by atoms with Gasteiger partial charge >= 0.3 is 0 Å². The molecule has 0 spiro atoms. The van der Waals surface area contributed by atoms with Crippen LogP contribution in [0.4, 0.5) is 10.1 Å². The fraction of sp³-hybridized carbons (Fsp3) is 0.400. The van der Waals surface area contributed by atoms with Crippen LogP contribution in [-0.4, -0.2) is 22.6 Å². The van der Waals surface area contributed by atoms with Crippen molar-refractivity contribution in [2.45, 2.75) is 31.1 Å². The summed E-state index contributed by atoms with van der Waals surface area (Å²) in [5.41, 5.74) is 0.196. The van der Waals surface area contributed by atoms with E-state index in [0.717, 1.165) is 18.7 Å². The van der Waals surface area contributed by atoms with Crippen LogP contribution in [0.3, 0.4) is 0 Å². The SMILES string of the molecule is O=C1CC(c2nc(C3CC3)no2)CN1c1cccc(Cl)c1F. The van der Waals surface area contributed by atoms with E-state index in [1.165, 1.54) is 11.0 Å². The highest BCUT2D eigenvalue weighted by Crippen LogP contribution is 2.40. The van der Waals surface area contributed by atoms with Crippen LogP contribution in [0.2, 0.25) is 5.02 Å². The zero-order valence-corrected chi connectivity index (χ0v) is 12.4. The Labute approximate surface area is 131 Å². The maximum Gasteiger partial charge on any atom is 0.232 e. The van der Waals surface area contributed by atoms with Crippen molar-refractivity contribution in [1.29, 1.82) is 0 Å². The van der Waals surface area contributed by atoms with Crippen molar-refractivity contribution in [2.24, 2.45) is 0 Å². The number of halogens is 2. The molecule has 114 valence electrons. The lowest BCUT2D eigenvalue weighted by Gasteiger charge is -2.17. The molecule has 1 aromatic carbocycles. The molecule has 2 heterocycles. The predicted molar refractivity (Wildman–Crippen MR) is 77.4 cm³/mol. The lowest BCUT2D eigenvalue weighted by Crippen LogP contribution is -2.25. The minimum Gasteiger partial charge on any atom is -0.339 e. The lowest BCUT2D eigenvalue weighted by atomic mass is 10.1. The number of amides is 1. The summed E-state index contributed by atoms with van der Waals surface area (Å²) in [5.74, 6) is 0.622. The van der Waals surface area contributed by atoms with Gasteiger partial charge in [0.25, 0.3) is 0 Å². The van der Waals surface area contributed by atoms with Crippen LogP contribution >= 0.6 is 11.6 Å². The average Bonchev–Trinajstić information content (AvgIpc) is 3.11. The first-order chi connectivity index (χ1) is 10.6.